The molecule has 1 atom stereocenters. The molecular weight excluding hydrogens is 337 g/mol. The summed E-state index contributed by atoms with van der Waals surface area (Å²) >= 11 is 0. The third-order valence-electron chi connectivity index (χ3n) is 3.61. The molecule has 1 N–H and O–H groups in total. The summed E-state index contributed by atoms with van der Waals surface area (Å²) in [6, 6.07) is 5.11. The quantitative estimate of drug-likeness (QED) is 0.819. The lowest BCUT2D eigenvalue weighted by Crippen LogP contribution is -2.33. The van der Waals surface area contributed by atoms with Gasteiger partial charge in [0.15, 0.2) is 0 Å². The van der Waals surface area contributed by atoms with E-state index in [-0.39, 0.29) is 11.4 Å². The number of halogens is 1. The Morgan fingerprint density at radius 1 is 1.38 bits per heavy atom. The van der Waals surface area contributed by atoms with Gasteiger partial charge in [0.05, 0.1) is 6.20 Å². The lowest BCUT2D eigenvalue weighted by atomic mass is 10.1. The fraction of sp³-hybridized carbons (Fsp3) is 0.333. The summed E-state index contributed by atoms with van der Waals surface area (Å²) in [4.78, 5) is 10.6. The van der Waals surface area contributed by atoms with Crippen LogP contribution in [0.15, 0.2) is 41.6 Å². The van der Waals surface area contributed by atoms with Crippen LogP contribution in [0.2, 0.25) is 0 Å². The molecule has 1 unspecified atom stereocenters. The zero-order valence-electron chi connectivity index (χ0n) is 13.3. The minimum atomic E-state index is -3.86. The first-order valence-corrected chi connectivity index (χ1v) is 8.71. The molecule has 0 aliphatic rings. The second-order valence-electron chi connectivity index (χ2n) is 5.20. The SMILES string of the molecule is CCN(C(C)c1ccc(F)cc1)S(=O)(=O)c1cnn(CC(=O)O)c1. The smallest absolute Gasteiger partial charge is 0.325 e. The predicted octanol–water partition coefficient (Wildman–Crippen LogP) is 1.88. The van der Waals surface area contributed by atoms with E-state index in [1.165, 1.54) is 34.8 Å². The van der Waals surface area contributed by atoms with E-state index in [2.05, 4.69) is 5.10 Å². The van der Waals surface area contributed by atoms with Crippen molar-refractivity contribution in [1.29, 1.82) is 0 Å². The van der Waals surface area contributed by atoms with Crippen LogP contribution in [-0.2, 0) is 21.4 Å². The topological polar surface area (TPSA) is 92.5 Å². The maximum absolute atomic E-state index is 13.0. The molecule has 0 saturated carbocycles. The van der Waals surface area contributed by atoms with Crippen molar-refractivity contribution >= 4 is 16.0 Å². The summed E-state index contributed by atoms with van der Waals surface area (Å²) in [5, 5.41) is 12.5. The third kappa shape index (κ3) is 3.80. The molecule has 0 amide bonds. The number of benzene rings is 1. The van der Waals surface area contributed by atoms with Crippen molar-refractivity contribution in [3.63, 3.8) is 0 Å². The number of hydrogen-bond acceptors (Lipinski definition) is 4. The highest BCUT2D eigenvalue weighted by atomic mass is 32.2. The Kier molecular flexibility index (Phi) is 5.35. The number of aliphatic carboxylic acids is 1. The Bertz CT molecular complexity index is 817. The Morgan fingerprint density at radius 3 is 2.54 bits per heavy atom. The van der Waals surface area contributed by atoms with Crippen molar-refractivity contribution in [2.24, 2.45) is 0 Å². The number of hydrogen-bond donors (Lipinski definition) is 1. The minimum Gasteiger partial charge on any atom is -0.480 e. The number of aromatic nitrogens is 2. The molecule has 0 aliphatic heterocycles. The second-order valence-corrected chi connectivity index (χ2v) is 7.09. The van der Waals surface area contributed by atoms with Crippen molar-refractivity contribution in [3.8, 4) is 0 Å². The summed E-state index contributed by atoms with van der Waals surface area (Å²) in [5.74, 6) is -1.51. The van der Waals surface area contributed by atoms with Gasteiger partial charge in [-0.2, -0.15) is 9.40 Å². The van der Waals surface area contributed by atoms with Gasteiger partial charge in [-0.15, -0.1) is 0 Å². The van der Waals surface area contributed by atoms with Gasteiger partial charge in [-0.1, -0.05) is 19.1 Å². The van der Waals surface area contributed by atoms with Crippen molar-refractivity contribution in [1.82, 2.24) is 14.1 Å². The first-order chi connectivity index (χ1) is 11.3. The molecule has 130 valence electrons. The molecule has 0 bridgehead atoms. The maximum atomic E-state index is 13.0. The molecule has 1 aromatic carbocycles. The molecule has 2 rings (SSSR count). The van der Waals surface area contributed by atoms with Gasteiger partial charge in [-0.05, 0) is 24.6 Å². The van der Waals surface area contributed by atoms with Crippen LogP contribution in [0.5, 0.6) is 0 Å². The van der Waals surface area contributed by atoms with E-state index in [0.29, 0.717) is 5.56 Å². The Morgan fingerprint density at radius 2 is 2.00 bits per heavy atom. The van der Waals surface area contributed by atoms with Crippen LogP contribution in [0.4, 0.5) is 4.39 Å². The van der Waals surface area contributed by atoms with E-state index in [1.807, 2.05) is 0 Å². The normalized spacial score (nSPS) is 13.2. The number of rotatable bonds is 7. The molecule has 24 heavy (non-hydrogen) atoms. The minimum absolute atomic E-state index is 0.0837. The molecule has 7 nitrogen and oxygen atoms in total. The van der Waals surface area contributed by atoms with Gasteiger partial charge in [0.25, 0.3) is 0 Å². The summed E-state index contributed by atoms with van der Waals surface area (Å²) < 4.78 is 40.9. The highest BCUT2D eigenvalue weighted by Crippen LogP contribution is 2.27. The summed E-state index contributed by atoms with van der Waals surface area (Å²) in [6.07, 6.45) is 2.31. The Hall–Kier alpha value is -2.26. The van der Waals surface area contributed by atoms with Gasteiger partial charge in [0.1, 0.15) is 17.3 Å². The molecule has 0 fully saturated rings. The fourth-order valence-electron chi connectivity index (χ4n) is 2.40. The van der Waals surface area contributed by atoms with Crippen molar-refractivity contribution in [3.05, 3.63) is 48.0 Å². The molecular formula is C15H18FN3O4S. The molecule has 2 aromatic rings. The monoisotopic (exact) mass is 355 g/mol. The van der Waals surface area contributed by atoms with Gasteiger partial charge in [-0.25, -0.2) is 12.8 Å². The van der Waals surface area contributed by atoms with Crippen molar-refractivity contribution in [2.75, 3.05) is 6.54 Å². The summed E-state index contributed by atoms with van der Waals surface area (Å²) in [7, 11) is -3.86. The molecule has 0 saturated heterocycles. The zero-order chi connectivity index (χ0) is 17.9. The van der Waals surface area contributed by atoms with E-state index in [4.69, 9.17) is 5.11 Å². The highest BCUT2D eigenvalue weighted by Gasteiger charge is 2.30. The number of carboxylic acid groups (broad SMARTS) is 1. The first-order valence-electron chi connectivity index (χ1n) is 7.27. The van der Waals surface area contributed by atoms with E-state index >= 15 is 0 Å². The molecule has 0 spiro atoms. The number of carboxylic acids is 1. The van der Waals surface area contributed by atoms with Crippen LogP contribution in [0, 0.1) is 5.82 Å². The van der Waals surface area contributed by atoms with Crippen LogP contribution in [0.1, 0.15) is 25.5 Å². The second kappa shape index (κ2) is 7.10. The van der Waals surface area contributed by atoms with E-state index in [1.54, 1.807) is 13.8 Å². The summed E-state index contributed by atoms with van der Waals surface area (Å²) in [6.45, 7) is 3.18. The molecule has 9 heteroatoms. The van der Waals surface area contributed by atoms with Gasteiger partial charge in [0.2, 0.25) is 10.0 Å². The van der Waals surface area contributed by atoms with Crippen LogP contribution in [0.3, 0.4) is 0 Å². The number of carbonyl (C=O) groups is 1. The maximum Gasteiger partial charge on any atom is 0.325 e. The van der Waals surface area contributed by atoms with E-state index in [0.717, 1.165) is 10.9 Å². The zero-order valence-corrected chi connectivity index (χ0v) is 14.1. The van der Waals surface area contributed by atoms with Gasteiger partial charge in [-0.3, -0.25) is 9.48 Å². The largest absolute Gasteiger partial charge is 0.480 e. The molecule has 0 radical (unpaired) electrons. The molecule has 1 aromatic heterocycles. The van der Waals surface area contributed by atoms with Crippen molar-refractivity contribution < 1.29 is 22.7 Å². The molecule has 1 heterocycles. The Labute approximate surface area is 139 Å². The standard InChI is InChI=1S/C15H18FN3O4S/c1-3-19(11(2)12-4-6-13(16)7-5-12)24(22,23)14-8-17-18(9-14)10-15(20)21/h4-9,11H,3,10H2,1-2H3,(H,20,21). The van der Waals surface area contributed by atoms with Gasteiger partial charge < -0.3 is 5.11 Å². The Balaban J connectivity index is 2.32. The fourth-order valence-corrected chi connectivity index (χ4v) is 3.98. The third-order valence-corrected chi connectivity index (χ3v) is 5.61. The average molecular weight is 355 g/mol. The number of sulfonamides is 1. The van der Waals surface area contributed by atoms with E-state index in [9.17, 15) is 17.6 Å². The first kappa shape index (κ1) is 18.1. The lowest BCUT2D eigenvalue weighted by molar-refractivity contribution is -0.137. The summed E-state index contributed by atoms with van der Waals surface area (Å²) in [5.41, 5.74) is 0.653. The predicted molar refractivity (Wildman–Crippen MR) is 84.2 cm³/mol. The van der Waals surface area contributed by atoms with Crippen LogP contribution < -0.4 is 0 Å². The average Bonchev–Trinajstić information content (AvgIpc) is 2.96. The van der Waals surface area contributed by atoms with Crippen molar-refractivity contribution in [2.45, 2.75) is 31.3 Å². The van der Waals surface area contributed by atoms with Gasteiger partial charge in [0, 0.05) is 18.8 Å². The van der Waals surface area contributed by atoms with E-state index < -0.39 is 34.4 Å². The van der Waals surface area contributed by atoms with Gasteiger partial charge >= 0.3 is 5.97 Å². The highest BCUT2D eigenvalue weighted by molar-refractivity contribution is 7.89. The van der Waals surface area contributed by atoms with Crippen LogP contribution in [0.25, 0.3) is 0 Å². The number of nitrogens with zero attached hydrogens (tertiary/aromatic N) is 3. The van der Waals surface area contributed by atoms with Crippen LogP contribution in [-0.4, -0.2) is 40.1 Å². The molecule has 0 aliphatic carbocycles. The van der Waals surface area contributed by atoms with Crippen LogP contribution >= 0.6 is 0 Å². The lowest BCUT2D eigenvalue weighted by Gasteiger charge is -2.27.